The molecule has 0 atom stereocenters. The van der Waals surface area contributed by atoms with Crippen molar-refractivity contribution in [3.8, 4) is 0 Å². The molecule has 0 bridgehead atoms. The number of hydrogen-bond acceptors (Lipinski definition) is 1. The molecule has 0 heterocycles. The summed E-state index contributed by atoms with van der Waals surface area (Å²) in [5.41, 5.74) is 0.875. The number of carboxylic acid groups (broad SMARTS) is 1. The van der Waals surface area contributed by atoms with Crippen molar-refractivity contribution in [2.45, 2.75) is 5.88 Å². The summed E-state index contributed by atoms with van der Waals surface area (Å²) in [7, 11) is 0. The highest BCUT2D eigenvalue weighted by molar-refractivity contribution is 6.31. The van der Waals surface area contributed by atoms with Crippen LogP contribution in [0.3, 0.4) is 0 Å². The summed E-state index contributed by atoms with van der Waals surface area (Å²) in [6.45, 7) is 0. The van der Waals surface area contributed by atoms with Crippen LogP contribution in [-0.4, -0.2) is 11.1 Å². The summed E-state index contributed by atoms with van der Waals surface area (Å²) in [5, 5.41) is 9.02. The van der Waals surface area contributed by atoms with Crippen LogP contribution in [0.1, 0.15) is 15.9 Å². The van der Waals surface area contributed by atoms with Gasteiger partial charge in [0.1, 0.15) is 0 Å². The molecule has 1 N–H and O–H groups in total. The van der Waals surface area contributed by atoms with Crippen molar-refractivity contribution in [2.75, 3.05) is 0 Å². The molecule has 0 amide bonds. The molecule has 0 fully saturated rings. The summed E-state index contributed by atoms with van der Waals surface area (Å²) in [4.78, 5) is 10.5. The zero-order chi connectivity index (χ0) is 9.14. The number of carbonyl (C=O) groups is 1. The second-order valence-electron chi connectivity index (χ2n) is 2.29. The van der Waals surface area contributed by atoms with Gasteiger partial charge in [0.25, 0.3) is 0 Å². The van der Waals surface area contributed by atoms with E-state index in [1.807, 2.05) is 0 Å². The third-order valence-electron chi connectivity index (χ3n) is 1.36. The lowest BCUT2D eigenvalue weighted by molar-refractivity contribution is 0.0697. The number of hydrogen-bond donors (Lipinski definition) is 1. The minimum atomic E-state index is -0.996. The van der Waals surface area contributed by atoms with Crippen molar-refractivity contribution in [3.63, 3.8) is 0 Å². The van der Waals surface area contributed by atoms with Crippen LogP contribution in [0.2, 0.25) is 5.02 Å². The zero-order valence-electron chi connectivity index (χ0n) is 6.05. The lowest BCUT2D eigenvalue weighted by Crippen LogP contribution is -1.96. The molecule has 1 aromatic carbocycles. The van der Waals surface area contributed by atoms with E-state index in [1.165, 1.54) is 12.1 Å². The summed E-state index contributed by atoms with van der Waals surface area (Å²) in [6, 6.07) is 4.53. The van der Waals surface area contributed by atoms with E-state index in [0.717, 1.165) is 0 Å². The monoisotopic (exact) mass is 204 g/mol. The van der Waals surface area contributed by atoms with Crippen LogP contribution in [0, 0.1) is 0 Å². The van der Waals surface area contributed by atoms with Crippen molar-refractivity contribution in [1.29, 1.82) is 0 Å². The molecule has 2 nitrogen and oxygen atoms in total. The topological polar surface area (TPSA) is 37.3 Å². The Bertz CT molecular complexity index is 310. The summed E-state index contributed by atoms with van der Waals surface area (Å²) in [5.74, 6) is -0.732. The third-order valence-corrected chi connectivity index (χ3v) is 1.89. The van der Waals surface area contributed by atoms with Crippen LogP contribution < -0.4 is 0 Å². The van der Waals surface area contributed by atoms with Gasteiger partial charge in [-0.15, -0.1) is 11.6 Å². The molecule has 1 rings (SSSR count). The number of aromatic carboxylic acids is 1. The van der Waals surface area contributed by atoms with E-state index in [1.54, 1.807) is 6.07 Å². The third kappa shape index (κ3) is 2.13. The van der Waals surface area contributed by atoms with Gasteiger partial charge in [-0.1, -0.05) is 11.6 Å². The highest BCUT2D eigenvalue weighted by atomic mass is 35.5. The van der Waals surface area contributed by atoms with Gasteiger partial charge in [0.2, 0.25) is 0 Å². The Balaban J connectivity index is 3.15. The second kappa shape index (κ2) is 3.78. The van der Waals surface area contributed by atoms with Crippen molar-refractivity contribution in [1.82, 2.24) is 0 Å². The van der Waals surface area contributed by atoms with Crippen molar-refractivity contribution in [3.05, 3.63) is 34.3 Å². The molecule has 0 aliphatic carbocycles. The van der Waals surface area contributed by atoms with Crippen LogP contribution in [0.15, 0.2) is 18.2 Å². The van der Waals surface area contributed by atoms with Crippen LogP contribution in [0.5, 0.6) is 0 Å². The maximum atomic E-state index is 10.5. The molecule has 64 valence electrons. The Morgan fingerprint density at radius 2 is 2.08 bits per heavy atom. The fraction of sp³-hybridized carbons (Fsp3) is 0.125. The number of rotatable bonds is 2. The normalized spacial score (nSPS) is 9.83. The first-order chi connectivity index (χ1) is 5.63. The highest BCUT2D eigenvalue weighted by Gasteiger charge is 2.04. The molecule has 0 aliphatic rings. The molecule has 4 heteroatoms. The predicted octanol–water partition coefficient (Wildman–Crippen LogP) is 2.78. The molecule has 0 spiro atoms. The van der Waals surface area contributed by atoms with Gasteiger partial charge in [0, 0.05) is 10.9 Å². The van der Waals surface area contributed by atoms with Gasteiger partial charge in [-0.2, -0.15) is 0 Å². The minimum absolute atomic E-state index is 0.165. The highest BCUT2D eigenvalue weighted by Crippen LogP contribution is 2.16. The Labute approximate surface area is 79.7 Å². The van der Waals surface area contributed by atoms with E-state index in [4.69, 9.17) is 28.3 Å². The number of alkyl halides is 1. The lowest BCUT2D eigenvalue weighted by atomic mass is 10.1. The average Bonchev–Trinajstić information content (AvgIpc) is 2.03. The summed E-state index contributed by atoms with van der Waals surface area (Å²) < 4.78 is 0. The maximum absolute atomic E-state index is 10.5. The number of carboxylic acids is 1. The average molecular weight is 205 g/mol. The van der Waals surface area contributed by atoms with E-state index >= 15 is 0 Å². The Kier molecular flexibility index (Phi) is 2.95. The van der Waals surface area contributed by atoms with Crippen molar-refractivity contribution >= 4 is 29.2 Å². The maximum Gasteiger partial charge on any atom is 0.335 e. The summed E-state index contributed by atoms with van der Waals surface area (Å²) >= 11 is 11.2. The van der Waals surface area contributed by atoms with Gasteiger partial charge < -0.3 is 5.11 Å². The molecular formula is C8H6Cl2O2. The fourth-order valence-electron chi connectivity index (χ4n) is 0.851. The van der Waals surface area contributed by atoms with E-state index < -0.39 is 5.97 Å². The number of halogens is 2. The molecule has 0 unspecified atom stereocenters. The standard InChI is InChI=1S/C8H6Cl2O2/c9-4-5-1-6(8(11)12)3-7(10)2-5/h1-3H,4H2,(H,11,12). The largest absolute Gasteiger partial charge is 0.478 e. The fourth-order valence-corrected chi connectivity index (χ4v) is 1.26. The molecule has 0 saturated carbocycles. The molecule has 0 saturated heterocycles. The molecule has 0 radical (unpaired) electrons. The minimum Gasteiger partial charge on any atom is -0.478 e. The smallest absolute Gasteiger partial charge is 0.335 e. The van der Waals surface area contributed by atoms with Gasteiger partial charge in [0.05, 0.1) is 5.56 Å². The zero-order valence-corrected chi connectivity index (χ0v) is 7.56. The molecule has 0 aromatic heterocycles. The van der Waals surface area contributed by atoms with Crippen molar-refractivity contribution in [2.24, 2.45) is 0 Å². The van der Waals surface area contributed by atoms with E-state index in [2.05, 4.69) is 0 Å². The van der Waals surface area contributed by atoms with Gasteiger partial charge in [0.15, 0.2) is 0 Å². The molecule has 1 aromatic rings. The Hall–Kier alpha value is -0.730. The number of benzene rings is 1. The van der Waals surface area contributed by atoms with Gasteiger partial charge in [-0.05, 0) is 23.8 Å². The van der Waals surface area contributed by atoms with Crippen LogP contribution in [-0.2, 0) is 5.88 Å². The van der Waals surface area contributed by atoms with Gasteiger partial charge in [-0.25, -0.2) is 4.79 Å². The van der Waals surface area contributed by atoms with Crippen LogP contribution in [0.25, 0.3) is 0 Å². The van der Waals surface area contributed by atoms with E-state index in [-0.39, 0.29) is 11.4 Å². The first-order valence-electron chi connectivity index (χ1n) is 3.22. The molecule has 0 aliphatic heterocycles. The predicted molar refractivity (Wildman–Crippen MR) is 48.0 cm³/mol. The van der Waals surface area contributed by atoms with Gasteiger partial charge in [-0.3, -0.25) is 0 Å². The Morgan fingerprint density at radius 1 is 1.42 bits per heavy atom. The summed E-state index contributed by atoms with van der Waals surface area (Å²) in [6.07, 6.45) is 0. The molecular weight excluding hydrogens is 199 g/mol. The molecule has 12 heavy (non-hydrogen) atoms. The van der Waals surface area contributed by atoms with Gasteiger partial charge >= 0.3 is 5.97 Å². The quantitative estimate of drug-likeness (QED) is 0.753. The van der Waals surface area contributed by atoms with Crippen molar-refractivity contribution < 1.29 is 9.90 Å². The van der Waals surface area contributed by atoms with Crippen LogP contribution in [0.4, 0.5) is 0 Å². The SMILES string of the molecule is O=C(O)c1cc(Cl)cc(CCl)c1. The first kappa shape index (κ1) is 9.36. The Morgan fingerprint density at radius 3 is 2.58 bits per heavy atom. The lowest BCUT2D eigenvalue weighted by Gasteiger charge is -1.99. The second-order valence-corrected chi connectivity index (χ2v) is 2.99. The van der Waals surface area contributed by atoms with E-state index in [0.29, 0.717) is 10.6 Å². The first-order valence-corrected chi connectivity index (χ1v) is 4.13. The van der Waals surface area contributed by atoms with E-state index in [9.17, 15) is 4.79 Å². The van der Waals surface area contributed by atoms with Crippen LogP contribution >= 0.6 is 23.2 Å².